The van der Waals surface area contributed by atoms with Crippen LogP contribution < -0.4 is 0 Å². The Kier molecular flexibility index (Phi) is 7.44. The number of rotatable bonds is 2. The molecule has 0 radical (unpaired) electrons. The topological polar surface area (TPSA) is 63.8 Å². The molecule has 0 saturated carbocycles. The van der Waals surface area contributed by atoms with E-state index in [4.69, 9.17) is 16.8 Å². The first kappa shape index (κ1) is 30.0. The molecule has 8 bridgehead atoms. The molecule has 6 aromatic rings. The van der Waals surface area contributed by atoms with Crippen LogP contribution in [-0.2, 0) is 31.9 Å². The third-order valence-electron chi connectivity index (χ3n) is 8.57. The van der Waals surface area contributed by atoms with Crippen molar-refractivity contribution in [3.63, 3.8) is 0 Å². The monoisotopic (exact) mass is 763 g/mol. The van der Waals surface area contributed by atoms with Crippen molar-refractivity contribution in [2.45, 2.75) is 38.5 Å². The maximum atomic E-state index is 10.1. The van der Waals surface area contributed by atoms with Gasteiger partial charge in [0, 0.05) is 23.5 Å². The summed E-state index contributed by atoms with van der Waals surface area (Å²) >= 11 is 0. The molecule has 0 spiro atoms. The largest absolute Gasteiger partial charge is 2.00 e. The Labute approximate surface area is 277 Å². The number of hydrogen-bond acceptors (Lipinski definition) is 3. The smallest absolute Gasteiger partial charge is 0.266 e. The Morgan fingerprint density at radius 3 is 1.69 bits per heavy atom. The van der Waals surface area contributed by atoms with Crippen molar-refractivity contribution in [3.8, 4) is 39.7 Å². The number of nitrogens with zero attached hydrogens (tertiary/aromatic N) is 6. The third-order valence-corrected chi connectivity index (χ3v) is 8.57. The molecule has 220 valence electrons. The molecule has 0 saturated heterocycles. The molecule has 7 rings (SSSR count). The SMILES string of the molecule is [C-]#[N+]c1cc2[c-]c(c1)C(C)(C)c1[c-]c(cc(C#N)c1)-n1cc(-c3ccccc3)c(n1)C(C)(C)c1nn-2cc1-c1ccccc1.[Pt+2]. The van der Waals surface area contributed by atoms with Crippen molar-refractivity contribution in [2.75, 3.05) is 0 Å². The second-order valence-electron chi connectivity index (χ2n) is 12.2. The Morgan fingerprint density at radius 1 is 0.711 bits per heavy atom. The van der Waals surface area contributed by atoms with Crippen LogP contribution in [0.25, 0.3) is 38.5 Å². The first-order chi connectivity index (χ1) is 21.2. The molecule has 3 heterocycles. The van der Waals surface area contributed by atoms with Gasteiger partial charge in [-0.1, -0.05) is 85.8 Å². The van der Waals surface area contributed by atoms with E-state index in [0.717, 1.165) is 44.8 Å². The molecule has 0 fully saturated rings. The number of nitriles is 1. The van der Waals surface area contributed by atoms with Crippen LogP contribution in [0, 0.1) is 30.0 Å². The van der Waals surface area contributed by atoms with Crippen LogP contribution in [0.1, 0.15) is 55.8 Å². The Hall–Kier alpha value is -5.03. The summed E-state index contributed by atoms with van der Waals surface area (Å²) in [6, 6.07) is 37.3. The molecule has 2 aromatic heterocycles. The second kappa shape index (κ2) is 11.2. The van der Waals surface area contributed by atoms with Gasteiger partial charge < -0.3 is 0 Å². The van der Waals surface area contributed by atoms with Gasteiger partial charge in [0.1, 0.15) is 0 Å². The molecule has 1 aliphatic rings. The van der Waals surface area contributed by atoms with Crippen molar-refractivity contribution >= 4 is 5.69 Å². The van der Waals surface area contributed by atoms with Crippen LogP contribution in [0.2, 0.25) is 0 Å². The predicted octanol–water partition coefficient (Wildman–Crippen LogP) is 8.38. The first-order valence-electron chi connectivity index (χ1n) is 14.4. The van der Waals surface area contributed by atoms with E-state index in [1.807, 2.05) is 82.4 Å². The maximum absolute atomic E-state index is 10.1. The number of aromatic nitrogens is 4. The van der Waals surface area contributed by atoms with E-state index < -0.39 is 10.8 Å². The van der Waals surface area contributed by atoms with E-state index in [1.165, 1.54) is 0 Å². The molecular formula is C38H28N6Pt. The van der Waals surface area contributed by atoms with Gasteiger partial charge in [0.25, 0.3) is 0 Å². The molecule has 1 aliphatic heterocycles. The van der Waals surface area contributed by atoms with Gasteiger partial charge in [-0.05, 0) is 36.1 Å². The van der Waals surface area contributed by atoms with Crippen molar-refractivity contribution in [1.82, 2.24) is 19.6 Å². The normalized spacial score (nSPS) is 13.9. The van der Waals surface area contributed by atoms with E-state index in [1.54, 1.807) is 0 Å². The maximum Gasteiger partial charge on any atom is 2.00 e. The summed E-state index contributed by atoms with van der Waals surface area (Å²) in [5, 5.41) is 20.5. The van der Waals surface area contributed by atoms with Gasteiger partial charge in [-0.2, -0.15) is 44.8 Å². The Bertz CT molecular complexity index is 1990. The van der Waals surface area contributed by atoms with Crippen molar-refractivity contribution in [1.29, 1.82) is 5.26 Å². The summed E-state index contributed by atoms with van der Waals surface area (Å²) in [7, 11) is 0. The average molecular weight is 764 g/mol. The van der Waals surface area contributed by atoms with Gasteiger partial charge in [-0.3, -0.25) is 14.2 Å². The molecule has 7 heteroatoms. The van der Waals surface area contributed by atoms with Gasteiger partial charge in [0.15, 0.2) is 0 Å². The van der Waals surface area contributed by atoms with Crippen LogP contribution in [0.4, 0.5) is 5.69 Å². The van der Waals surface area contributed by atoms with Gasteiger partial charge in [0.05, 0.1) is 35.1 Å². The summed E-state index contributed by atoms with van der Waals surface area (Å²) in [6.45, 7) is 16.3. The van der Waals surface area contributed by atoms with Crippen molar-refractivity contribution in [2.24, 2.45) is 0 Å². The molecule has 6 nitrogen and oxygen atoms in total. The number of fused-ring (bicyclic) bond motifs is 10. The van der Waals surface area contributed by atoms with E-state index in [2.05, 4.69) is 75.0 Å². The summed E-state index contributed by atoms with van der Waals surface area (Å²) in [6.07, 6.45) is 4.06. The molecule has 45 heavy (non-hydrogen) atoms. The van der Waals surface area contributed by atoms with Crippen LogP contribution in [0.3, 0.4) is 0 Å². The fourth-order valence-corrected chi connectivity index (χ4v) is 5.98. The summed E-state index contributed by atoms with van der Waals surface area (Å²) in [5.74, 6) is 0. The third kappa shape index (κ3) is 5.02. The minimum atomic E-state index is -0.661. The molecular weight excluding hydrogens is 736 g/mol. The van der Waals surface area contributed by atoms with Gasteiger partial charge >= 0.3 is 21.1 Å². The number of benzene rings is 4. The molecule has 0 atom stereocenters. The number of hydrogen-bond donors (Lipinski definition) is 0. The predicted molar refractivity (Wildman–Crippen MR) is 171 cm³/mol. The minimum Gasteiger partial charge on any atom is -0.266 e. The molecule has 4 aromatic carbocycles. The van der Waals surface area contributed by atoms with Gasteiger partial charge in [-0.15, -0.1) is 18.2 Å². The molecule has 0 aliphatic carbocycles. The Morgan fingerprint density at radius 2 is 1.20 bits per heavy atom. The summed E-state index contributed by atoms with van der Waals surface area (Å²) in [4.78, 5) is 3.81. The van der Waals surface area contributed by atoms with Gasteiger partial charge in [-0.25, -0.2) is 0 Å². The van der Waals surface area contributed by atoms with Crippen LogP contribution in [-0.4, -0.2) is 19.6 Å². The standard InChI is InChI=1S/C38H28N6.Pt/c1-37(2)28-16-25(22-39)17-31(19-28)43-23-33(26-12-8-6-9-13-26)35(41-43)38(3,4)36-34(27-14-10-7-11-15-27)24-44(42-36)32-20-29(37)18-30(21-32)40-5;/h6-18,21,23-24H,1-4H3;/q-2;+2. The van der Waals surface area contributed by atoms with Crippen LogP contribution in [0.15, 0.2) is 97.3 Å². The fraction of sp³-hybridized carbons (Fsp3) is 0.158. The fourth-order valence-electron chi connectivity index (χ4n) is 5.98. The minimum absolute atomic E-state index is 0. The Balaban J connectivity index is 0.00000357. The summed E-state index contributed by atoms with van der Waals surface area (Å²) < 4.78 is 3.66. The average Bonchev–Trinajstić information content (AvgIpc) is 3.72. The van der Waals surface area contributed by atoms with Crippen LogP contribution in [0.5, 0.6) is 0 Å². The zero-order chi connectivity index (χ0) is 30.6. The zero-order valence-corrected chi connectivity index (χ0v) is 27.5. The molecule has 0 unspecified atom stereocenters. The molecule has 0 N–H and O–H groups in total. The van der Waals surface area contributed by atoms with Crippen molar-refractivity contribution < 1.29 is 21.1 Å². The van der Waals surface area contributed by atoms with Crippen molar-refractivity contribution in [3.05, 3.63) is 149 Å². The van der Waals surface area contributed by atoms with Crippen LogP contribution >= 0.6 is 0 Å². The van der Waals surface area contributed by atoms with E-state index in [9.17, 15) is 5.26 Å². The zero-order valence-electron chi connectivity index (χ0n) is 25.2. The van der Waals surface area contributed by atoms with Gasteiger partial charge in [0.2, 0.25) is 0 Å². The van der Waals surface area contributed by atoms with E-state index in [0.29, 0.717) is 22.6 Å². The first-order valence-corrected chi connectivity index (χ1v) is 14.4. The van der Waals surface area contributed by atoms with E-state index >= 15 is 0 Å². The quantitative estimate of drug-likeness (QED) is 0.167. The summed E-state index contributed by atoms with van der Waals surface area (Å²) in [5.41, 5.74) is 8.34. The molecule has 0 amide bonds. The second-order valence-corrected chi connectivity index (χ2v) is 12.2. The van der Waals surface area contributed by atoms with E-state index in [-0.39, 0.29) is 21.1 Å².